The Hall–Kier alpha value is -1.89. The lowest BCUT2D eigenvalue weighted by atomic mass is 9.78. The number of rotatable bonds is 5. The highest BCUT2D eigenvalue weighted by molar-refractivity contribution is 5.85. The van der Waals surface area contributed by atoms with Crippen molar-refractivity contribution in [1.82, 2.24) is 15.3 Å². The average molecular weight is 466 g/mol. The van der Waals surface area contributed by atoms with E-state index in [0.717, 1.165) is 61.7 Å². The SMILES string of the molecule is Cc1ccc(CNC(=O)C2CCN(c3cc(C4CC(N)C4)nc(C)n3)CC2)cc1.Cl.Cl. The minimum atomic E-state index is 0. The van der Waals surface area contributed by atoms with Gasteiger partial charge in [0, 0.05) is 49.3 Å². The molecule has 4 rings (SSSR count). The van der Waals surface area contributed by atoms with Crippen LogP contribution in [0.5, 0.6) is 0 Å². The molecule has 0 unspecified atom stereocenters. The summed E-state index contributed by atoms with van der Waals surface area (Å²) in [5.74, 6) is 2.51. The molecule has 0 radical (unpaired) electrons. The lowest BCUT2D eigenvalue weighted by molar-refractivity contribution is -0.125. The Labute approximate surface area is 197 Å². The number of aromatic nitrogens is 2. The number of hydrogen-bond donors (Lipinski definition) is 2. The van der Waals surface area contributed by atoms with Crippen molar-refractivity contribution in [3.63, 3.8) is 0 Å². The summed E-state index contributed by atoms with van der Waals surface area (Å²) in [6, 6.07) is 10.7. The quantitative estimate of drug-likeness (QED) is 0.703. The molecule has 6 nitrogen and oxygen atoms in total. The number of carbonyl (C=O) groups is 1. The monoisotopic (exact) mass is 465 g/mol. The van der Waals surface area contributed by atoms with Crippen molar-refractivity contribution in [2.45, 2.75) is 58.0 Å². The molecule has 2 aliphatic rings. The molecule has 1 amide bonds. The fourth-order valence-corrected chi connectivity index (χ4v) is 4.26. The Morgan fingerprint density at radius 3 is 2.35 bits per heavy atom. The second kappa shape index (κ2) is 11.1. The first-order chi connectivity index (χ1) is 14.0. The Balaban J connectivity index is 0.00000171. The first kappa shape index (κ1) is 25.4. The molecule has 2 aromatic rings. The smallest absolute Gasteiger partial charge is 0.223 e. The van der Waals surface area contributed by atoms with Crippen LogP contribution in [-0.4, -0.2) is 35.0 Å². The molecule has 2 heterocycles. The third-order valence-corrected chi connectivity index (χ3v) is 6.21. The molecule has 1 aliphatic heterocycles. The van der Waals surface area contributed by atoms with E-state index in [1.807, 2.05) is 6.92 Å². The van der Waals surface area contributed by atoms with Crippen molar-refractivity contribution in [3.05, 3.63) is 53.0 Å². The number of anilines is 1. The molecule has 1 saturated carbocycles. The van der Waals surface area contributed by atoms with Gasteiger partial charge in [-0.05, 0) is 45.1 Å². The number of carbonyl (C=O) groups excluding carboxylic acids is 1. The van der Waals surface area contributed by atoms with E-state index in [1.54, 1.807) is 0 Å². The molecule has 1 aromatic heterocycles. The van der Waals surface area contributed by atoms with E-state index in [-0.39, 0.29) is 36.6 Å². The summed E-state index contributed by atoms with van der Waals surface area (Å²) in [4.78, 5) is 24.2. The summed E-state index contributed by atoms with van der Waals surface area (Å²) < 4.78 is 0. The Bertz CT molecular complexity index is 863. The van der Waals surface area contributed by atoms with Gasteiger partial charge in [0.05, 0.1) is 0 Å². The van der Waals surface area contributed by atoms with Crippen LogP contribution in [0.3, 0.4) is 0 Å². The van der Waals surface area contributed by atoms with E-state index in [2.05, 4.69) is 57.4 Å². The molecule has 170 valence electrons. The lowest BCUT2D eigenvalue weighted by Gasteiger charge is -2.34. The Kier molecular flexibility index (Phi) is 9.10. The second-order valence-electron chi connectivity index (χ2n) is 8.59. The number of halogens is 2. The van der Waals surface area contributed by atoms with Crippen LogP contribution in [-0.2, 0) is 11.3 Å². The Morgan fingerprint density at radius 2 is 1.74 bits per heavy atom. The normalized spacial score (nSPS) is 20.8. The van der Waals surface area contributed by atoms with Crippen molar-refractivity contribution in [1.29, 1.82) is 0 Å². The van der Waals surface area contributed by atoms with Gasteiger partial charge in [-0.25, -0.2) is 9.97 Å². The van der Waals surface area contributed by atoms with Crippen LogP contribution in [0, 0.1) is 19.8 Å². The maximum atomic E-state index is 12.6. The molecule has 1 aromatic carbocycles. The predicted octanol–water partition coefficient (Wildman–Crippen LogP) is 3.67. The largest absolute Gasteiger partial charge is 0.356 e. The van der Waals surface area contributed by atoms with Gasteiger partial charge in [-0.3, -0.25) is 4.79 Å². The van der Waals surface area contributed by atoms with E-state index < -0.39 is 0 Å². The first-order valence-corrected chi connectivity index (χ1v) is 10.7. The minimum absolute atomic E-state index is 0. The highest BCUT2D eigenvalue weighted by Gasteiger charge is 2.30. The number of nitrogens with two attached hydrogens (primary N) is 1. The van der Waals surface area contributed by atoms with E-state index in [4.69, 9.17) is 5.73 Å². The summed E-state index contributed by atoms with van der Waals surface area (Å²) in [5, 5.41) is 3.10. The summed E-state index contributed by atoms with van der Waals surface area (Å²) >= 11 is 0. The van der Waals surface area contributed by atoms with E-state index in [0.29, 0.717) is 18.5 Å². The van der Waals surface area contributed by atoms with Gasteiger partial charge >= 0.3 is 0 Å². The van der Waals surface area contributed by atoms with Gasteiger partial charge in [0.25, 0.3) is 0 Å². The molecule has 8 heteroatoms. The van der Waals surface area contributed by atoms with Gasteiger partial charge in [-0.2, -0.15) is 0 Å². The number of aryl methyl sites for hydroxylation is 2. The van der Waals surface area contributed by atoms with Crippen molar-refractivity contribution in [2.75, 3.05) is 18.0 Å². The standard InChI is InChI=1S/C23H31N5O.2ClH/c1-15-3-5-17(6-4-15)14-25-23(29)18-7-9-28(10-8-18)22-13-21(26-16(2)27-22)19-11-20(24)12-19;;/h3-6,13,18-20H,7-12,14,24H2,1-2H3,(H,25,29);2*1H. The average Bonchev–Trinajstić information content (AvgIpc) is 2.70. The van der Waals surface area contributed by atoms with Crippen LogP contribution in [0.15, 0.2) is 30.3 Å². The summed E-state index contributed by atoms with van der Waals surface area (Å²) in [6.07, 6.45) is 3.73. The fraction of sp³-hybridized carbons (Fsp3) is 0.522. The van der Waals surface area contributed by atoms with Crippen LogP contribution >= 0.6 is 24.8 Å². The van der Waals surface area contributed by atoms with Crippen LogP contribution in [0.2, 0.25) is 0 Å². The van der Waals surface area contributed by atoms with Crippen molar-refractivity contribution >= 4 is 36.5 Å². The zero-order chi connectivity index (χ0) is 20.4. The zero-order valence-electron chi connectivity index (χ0n) is 18.2. The molecular formula is C23H33Cl2N5O. The van der Waals surface area contributed by atoms with Crippen molar-refractivity contribution < 1.29 is 4.79 Å². The van der Waals surface area contributed by atoms with E-state index in [9.17, 15) is 4.79 Å². The predicted molar refractivity (Wildman–Crippen MR) is 129 cm³/mol. The third kappa shape index (κ3) is 6.31. The van der Waals surface area contributed by atoms with Crippen LogP contribution in [0.25, 0.3) is 0 Å². The number of piperidine rings is 1. The first-order valence-electron chi connectivity index (χ1n) is 10.7. The Morgan fingerprint density at radius 1 is 1.10 bits per heavy atom. The molecule has 2 fully saturated rings. The maximum Gasteiger partial charge on any atom is 0.223 e. The summed E-state index contributed by atoms with van der Waals surface area (Å²) in [5.41, 5.74) is 9.44. The molecule has 0 atom stereocenters. The topological polar surface area (TPSA) is 84.1 Å². The number of hydrogen-bond acceptors (Lipinski definition) is 5. The third-order valence-electron chi connectivity index (χ3n) is 6.21. The van der Waals surface area contributed by atoms with Crippen LogP contribution in [0.4, 0.5) is 5.82 Å². The van der Waals surface area contributed by atoms with E-state index >= 15 is 0 Å². The lowest BCUT2D eigenvalue weighted by Crippen LogP contribution is -2.41. The zero-order valence-corrected chi connectivity index (χ0v) is 19.8. The highest BCUT2D eigenvalue weighted by Crippen LogP contribution is 2.36. The van der Waals surface area contributed by atoms with Crippen molar-refractivity contribution in [3.8, 4) is 0 Å². The number of amides is 1. The molecular weight excluding hydrogens is 433 g/mol. The molecule has 1 aliphatic carbocycles. The highest BCUT2D eigenvalue weighted by atomic mass is 35.5. The minimum Gasteiger partial charge on any atom is -0.356 e. The van der Waals surface area contributed by atoms with Gasteiger partial charge in [0.2, 0.25) is 5.91 Å². The van der Waals surface area contributed by atoms with Gasteiger partial charge in [-0.1, -0.05) is 29.8 Å². The summed E-state index contributed by atoms with van der Waals surface area (Å²) in [6.45, 7) is 6.32. The molecule has 1 saturated heterocycles. The van der Waals surface area contributed by atoms with Gasteiger partial charge in [-0.15, -0.1) is 24.8 Å². The number of nitrogens with one attached hydrogen (secondary N) is 1. The van der Waals surface area contributed by atoms with Gasteiger partial charge < -0.3 is 16.0 Å². The summed E-state index contributed by atoms with van der Waals surface area (Å²) in [7, 11) is 0. The molecule has 0 spiro atoms. The van der Waals surface area contributed by atoms with Crippen molar-refractivity contribution in [2.24, 2.45) is 11.7 Å². The fourth-order valence-electron chi connectivity index (χ4n) is 4.26. The van der Waals surface area contributed by atoms with Gasteiger partial charge in [0.1, 0.15) is 11.6 Å². The second-order valence-corrected chi connectivity index (χ2v) is 8.59. The number of nitrogens with zero attached hydrogens (tertiary/aromatic N) is 3. The van der Waals surface area contributed by atoms with Crippen LogP contribution in [0.1, 0.15) is 54.2 Å². The van der Waals surface area contributed by atoms with E-state index in [1.165, 1.54) is 5.56 Å². The molecule has 31 heavy (non-hydrogen) atoms. The number of benzene rings is 1. The van der Waals surface area contributed by atoms with Crippen LogP contribution < -0.4 is 16.0 Å². The molecule has 3 N–H and O–H groups in total. The maximum absolute atomic E-state index is 12.6. The van der Waals surface area contributed by atoms with Gasteiger partial charge in [0.15, 0.2) is 0 Å². The molecule has 0 bridgehead atoms.